The van der Waals surface area contributed by atoms with Gasteiger partial charge in [0.1, 0.15) is 0 Å². The van der Waals surface area contributed by atoms with Gasteiger partial charge in [0.25, 0.3) is 5.91 Å². The number of halogens is 4. The van der Waals surface area contributed by atoms with Crippen LogP contribution in [0.5, 0.6) is 0 Å². The Balaban J connectivity index is 1.33. The van der Waals surface area contributed by atoms with E-state index in [0.717, 1.165) is 34.5 Å². The molecule has 0 spiro atoms. The van der Waals surface area contributed by atoms with Gasteiger partial charge in [-0.2, -0.15) is 13.2 Å². The van der Waals surface area contributed by atoms with Crippen LogP contribution >= 0.6 is 11.6 Å². The van der Waals surface area contributed by atoms with Crippen LogP contribution in [0.2, 0.25) is 5.02 Å². The third-order valence-corrected chi connectivity index (χ3v) is 6.04. The van der Waals surface area contributed by atoms with Gasteiger partial charge in [-0.15, -0.1) is 0 Å². The molecular weight excluding hydrogens is 505 g/mol. The molecule has 4 N–H and O–H groups in total. The molecule has 4 aromatic rings. The number of fused-ring (bicyclic) bond motifs is 1. The number of carbonyl (C=O) groups is 2. The van der Waals surface area contributed by atoms with Crippen molar-refractivity contribution in [2.75, 3.05) is 16.0 Å². The highest BCUT2D eigenvalue weighted by Crippen LogP contribution is 2.37. The molecule has 1 aromatic heterocycles. The van der Waals surface area contributed by atoms with Crippen molar-refractivity contribution in [3.8, 4) is 11.1 Å². The van der Waals surface area contributed by atoms with E-state index < -0.39 is 22.8 Å². The van der Waals surface area contributed by atoms with E-state index in [0.29, 0.717) is 16.9 Å². The Morgan fingerprint density at radius 3 is 2.38 bits per heavy atom. The fourth-order valence-corrected chi connectivity index (χ4v) is 4.22. The zero-order chi connectivity index (χ0) is 26.2. The summed E-state index contributed by atoms with van der Waals surface area (Å²) < 4.78 is 39.3. The Morgan fingerprint density at radius 2 is 1.65 bits per heavy atom. The van der Waals surface area contributed by atoms with E-state index >= 15 is 0 Å². The molecule has 0 atom stereocenters. The van der Waals surface area contributed by atoms with E-state index in [4.69, 9.17) is 11.6 Å². The molecule has 6 nitrogen and oxygen atoms in total. The van der Waals surface area contributed by atoms with Crippen molar-refractivity contribution in [3.05, 3.63) is 101 Å². The second kappa shape index (κ2) is 9.51. The maximum Gasteiger partial charge on any atom is 0.417 e. The molecule has 0 radical (unpaired) electrons. The normalized spacial score (nSPS) is 13.8. The van der Waals surface area contributed by atoms with Crippen molar-refractivity contribution in [1.82, 2.24) is 4.98 Å². The van der Waals surface area contributed by atoms with Crippen LogP contribution in [0, 0.1) is 0 Å². The highest BCUT2D eigenvalue weighted by Gasteiger charge is 2.33. The maximum atomic E-state index is 13.1. The third-order valence-electron chi connectivity index (χ3n) is 5.71. The standard InChI is InChI=1S/C27H18ClF3N4O2/c28-23-9-7-19(14-22(23)27(29,30)31)34-26(37)33-18-4-1-3-15(11-18)16-6-8-20-21(13-17-5-2-10-32-17)25(36)35-24(20)12-16/h1-14,32H,(H,35,36)(H2,33,34,37)/b21-13-. The van der Waals surface area contributed by atoms with Crippen LogP contribution in [-0.2, 0) is 11.0 Å². The second-order valence-electron chi connectivity index (χ2n) is 8.25. The summed E-state index contributed by atoms with van der Waals surface area (Å²) in [6, 6.07) is 18.6. The fourth-order valence-electron chi connectivity index (χ4n) is 4.00. The lowest BCUT2D eigenvalue weighted by Crippen LogP contribution is -2.20. The first-order valence-corrected chi connectivity index (χ1v) is 11.4. The summed E-state index contributed by atoms with van der Waals surface area (Å²) in [5.74, 6) is -0.204. The SMILES string of the molecule is O=C(Nc1cccc(-c2ccc3c(c2)NC(=O)/C3=C\c2ccc[nH]2)c1)Nc1ccc(Cl)c(C(F)(F)F)c1. The van der Waals surface area contributed by atoms with Crippen molar-refractivity contribution in [1.29, 1.82) is 0 Å². The molecular formula is C27H18ClF3N4O2. The highest BCUT2D eigenvalue weighted by molar-refractivity contribution is 6.35. The smallest absolute Gasteiger partial charge is 0.362 e. The summed E-state index contributed by atoms with van der Waals surface area (Å²) >= 11 is 5.63. The van der Waals surface area contributed by atoms with Gasteiger partial charge in [-0.25, -0.2) is 4.79 Å². The summed E-state index contributed by atoms with van der Waals surface area (Å²) in [5.41, 5.74) is 3.71. The Bertz CT molecular complexity index is 1550. The van der Waals surface area contributed by atoms with Crippen LogP contribution < -0.4 is 16.0 Å². The third kappa shape index (κ3) is 5.22. The fraction of sp³-hybridized carbons (Fsp3) is 0.0370. The number of benzene rings is 3. The molecule has 37 heavy (non-hydrogen) atoms. The van der Waals surface area contributed by atoms with Crippen molar-refractivity contribution >= 4 is 52.3 Å². The van der Waals surface area contributed by atoms with E-state index in [1.54, 1.807) is 30.5 Å². The van der Waals surface area contributed by atoms with Crippen molar-refractivity contribution in [2.45, 2.75) is 6.18 Å². The molecule has 186 valence electrons. The van der Waals surface area contributed by atoms with Crippen LogP contribution in [0.1, 0.15) is 16.8 Å². The summed E-state index contributed by atoms with van der Waals surface area (Å²) in [7, 11) is 0. The molecule has 3 aromatic carbocycles. The number of rotatable bonds is 4. The van der Waals surface area contributed by atoms with Crippen LogP contribution in [0.3, 0.4) is 0 Å². The zero-order valence-electron chi connectivity index (χ0n) is 18.9. The van der Waals surface area contributed by atoms with Crippen molar-refractivity contribution in [2.24, 2.45) is 0 Å². The molecule has 0 fully saturated rings. The number of aromatic nitrogens is 1. The Labute approximate surface area is 214 Å². The van der Waals surface area contributed by atoms with E-state index in [1.165, 1.54) is 6.07 Å². The van der Waals surface area contributed by atoms with E-state index in [9.17, 15) is 22.8 Å². The number of carbonyl (C=O) groups excluding carboxylic acids is 2. The summed E-state index contributed by atoms with van der Waals surface area (Å²) in [6.45, 7) is 0. The van der Waals surface area contributed by atoms with Gasteiger partial charge in [0.2, 0.25) is 0 Å². The summed E-state index contributed by atoms with van der Waals surface area (Å²) in [6.07, 6.45) is -1.09. The highest BCUT2D eigenvalue weighted by atomic mass is 35.5. The van der Waals surface area contributed by atoms with E-state index in [1.807, 2.05) is 36.4 Å². The molecule has 2 heterocycles. The van der Waals surface area contributed by atoms with Crippen molar-refractivity contribution in [3.63, 3.8) is 0 Å². The molecule has 5 rings (SSSR count). The molecule has 0 bridgehead atoms. The van der Waals surface area contributed by atoms with Crippen LogP contribution in [0.4, 0.5) is 35.0 Å². The lowest BCUT2D eigenvalue weighted by molar-refractivity contribution is -0.137. The van der Waals surface area contributed by atoms with Gasteiger partial charge in [0, 0.05) is 34.5 Å². The molecule has 1 aliphatic heterocycles. The molecule has 0 saturated heterocycles. The number of hydrogen-bond acceptors (Lipinski definition) is 2. The van der Waals surface area contributed by atoms with Gasteiger partial charge < -0.3 is 20.9 Å². The number of amides is 3. The molecule has 1 aliphatic rings. The minimum absolute atomic E-state index is 0.0528. The number of alkyl halides is 3. The molecule has 0 aliphatic carbocycles. The van der Waals surface area contributed by atoms with E-state index in [-0.39, 0.29) is 11.6 Å². The lowest BCUT2D eigenvalue weighted by Gasteiger charge is -2.13. The van der Waals surface area contributed by atoms with Crippen LogP contribution in [-0.4, -0.2) is 16.9 Å². The maximum absolute atomic E-state index is 13.1. The van der Waals surface area contributed by atoms with E-state index in [2.05, 4.69) is 20.9 Å². The van der Waals surface area contributed by atoms with Gasteiger partial charge in [0.15, 0.2) is 0 Å². The second-order valence-corrected chi connectivity index (χ2v) is 8.66. The Hall–Kier alpha value is -4.50. The lowest BCUT2D eigenvalue weighted by atomic mass is 9.99. The first-order valence-electron chi connectivity index (χ1n) is 11.0. The first kappa shape index (κ1) is 24.2. The summed E-state index contributed by atoms with van der Waals surface area (Å²) in [4.78, 5) is 28.0. The minimum Gasteiger partial charge on any atom is -0.362 e. The first-order chi connectivity index (χ1) is 17.7. The average Bonchev–Trinajstić information content (AvgIpc) is 3.47. The van der Waals surface area contributed by atoms with Gasteiger partial charge in [0.05, 0.1) is 16.2 Å². The largest absolute Gasteiger partial charge is 0.417 e. The quantitative estimate of drug-likeness (QED) is 0.209. The van der Waals surface area contributed by atoms with Crippen molar-refractivity contribution < 1.29 is 22.8 Å². The van der Waals surface area contributed by atoms with Crippen LogP contribution in [0.25, 0.3) is 22.8 Å². The monoisotopic (exact) mass is 522 g/mol. The minimum atomic E-state index is -4.65. The number of H-pyrrole nitrogens is 1. The molecule has 0 saturated carbocycles. The Morgan fingerprint density at radius 1 is 0.892 bits per heavy atom. The summed E-state index contributed by atoms with van der Waals surface area (Å²) in [5, 5.41) is 7.42. The van der Waals surface area contributed by atoms with Gasteiger partial charge in [-0.1, -0.05) is 35.9 Å². The average molecular weight is 523 g/mol. The number of anilines is 3. The van der Waals surface area contributed by atoms with Gasteiger partial charge in [-0.3, -0.25) is 4.79 Å². The number of hydrogen-bond donors (Lipinski definition) is 4. The number of urea groups is 1. The molecule has 3 amide bonds. The molecule has 0 unspecified atom stereocenters. The van der Waals surface area contributed by atoms with Gasteiger partial charge in [-0.05, 0) is 65.7 Å². The van der Waals surface area contributed by atoms with Crippen LogP contribution in [0.15, 0.2) is 79.0 Å². The topological polar surface area (TPSA) is 86.0 Å². The Kier molecular flexibility index (Phi) is 6.22. The molecule has 10 heteroatoms. The predicted octanol–water partition coefficient (Wildman–Crippen LogP) is 7.49. The number of aromatic amines is 1. The zero-order valence-corrected chi connectivity index (χ0v) is 19.7. The predicted molar refractivity (Wildman–Crippen MR) is 138 cm³/mol. The van der Waals surface area contributed by atoms with Gasteiger partial charge >= 0.3 is 12.2 Å². The number of nitrogens with one attached hydrogen (secondary N) is 4.